The van der Waals surface area contributed by atoms with Gasteiger partial charge in [0.25, 0.3) is 0 Å². The summed E-state index contributed by atoms with van der Waals surface area (Å²) < 4.78 is 0. The van der Waals surface area contributed by atoms with Crippen molar-refractivity contribution >= 4 is 11.4 Å². The van der Waals surface area contributed by atoms with Gasteiger partial charge in [0, 0.05) is 11.4 Å². The van der Waals surface area contributed by atoms with Gasteiger partial charge in [0.05, 0.1) is 0 Å². The molecule has 0 saturated heterocycles. The Morgan fingerprint density at radius 1 is 0.850 bits per heavy atom. The lowest BCUT2D eigenvalue weighted by molar-refractivity contribution is -0.357. The van der Waals surface area contributed by atoms with Gasteiger partial charge in [-0.05, 0) is 41.0 Å². The molecule has 0 aromatic heterocycles. The van der Waals surface area contributed by atoms with Crippen LogP contribution in [0, 0.1) is 0 Å². The third kappa shape index (κ3) is 2.89. The summed E-state index contributed by atoms with van der Waals surface area (Å²) in [5, 5.41) is 37.3. The maximum absolute atomic E-state index is 9.85. The molecule has 2 aromatic rings. The summed E-state index contributed by atoms with van der Waals surface area (Å²) in [6, 6.07) is 11.4. The van der Waals surface area contributed by atoms with Gasteiger partial charge in [-0.3, -0.25) is 0 Å². The SMILES string of the molecule is Nc1ccc(-c2ccc(N)cc2C(O)C(O)(O)O)cc1. The van der Waals surface area contributed by atoms with Gasteiger partial charge >= 0.3 is 5.97 Å². The Balaban J connectivity index is 2.56. The highest BCUT2D eigenvalue weighted by Crippen LogP contribution is 2.33. The number of hydrogen-bond acceptors (Lipinski definition) is 6. The molecule has 2 aromatic carbocycles. The number of aliphatic hydroxyl groups excluding tert-OH is 1. The molecule has 0 fully saturated rings. The highest BCUT2D eigenvalue weighted by atomic mass is 16.7. The molecule has 6 heteroatoms. The topological polar surface area (TPSA) is 133 Å². The Morgan fingerprint density at radius 3 is 1.95 bits per heavy atom. The molecular weight excluding hydrogens is 260 g/mol. The second-order valence-corrected chi connectivity index (χ2v) is 4.56. The summed E-state index contributed by atoms with van der Waals surface area (Å²) in [4.78, 5) is 0. The van der Waals surface area contributed by atoms with Crippen LogP contribution < -0.4 is 11.5 Å². The number of anilines is 2. The average molecular weight is 276 g/mol. The zero-order chi connectivity index (χ0) is 14.9. The van der Waals surface area contributed by atoms with Crippen LogP contribution >= 0.6 is 0 Å². The summed E-state index contributed by atoms with van der Waals surface area (Å²) in [6.07, 6.45) is -1.92. The zero-order valence-corrected chi connectivity index (χ0v) is 10.6. The number of nitrogen functional groups attached to an aromatic ring is 2. The van der Waals surface area contributed by atoms with Crippen molar-refractivity contribution < 1.29 is 20.4 Å². The van der Waals surface area contributed by atoms with Crippen molar-refractivity contribution in [2.24, 2.45) is 0 Å². The molecule has 0 radical (unpaired) electrons. The summed E-state index contributed by atoms with van der Waals surface area (Å²) in [7, 11) is 0. The Kier molecular flexibility index (Phi) is 3.65. The van der Waals surface area contributed by atoms with Gasteiger partial charge in [-0.1, -0.05) is 18.2 Å². The van der Waals surface area contributed by atoms with Crippen LogP contribution in [0.25, 0.3) is 11.1 Å². The maximum Gasteiger partial charge on any atom is 0.307 e. The van der Waals surface area contributed by atoms with E-state index in [1.165, 1.54) is 6.07 Å². The smallest absolute Gasteiger partial charge is 0.307 e. The molecule has 2 rings (SSSR count). The Bertz CT molecular complexity index is 606. The van der Waals surface area contributed by atoms with Crippen LogP contribution in [0.1, 0.15) is 11.7 Å². The number of nitrogens with two attached hydrogens (primary N) is 2. The lowest BCUT2D eigenvalue weighted by atomic mass is 9.94. The average Bonchev–Trinajstić information content (AvgIpc) is 2.38. The number of benzene rings is 2. The molecule has 0 bridgehead atoms. The molecule has 0 saturated carbocycles. The van der Waals surface area contributed by atoms with Crippen LogP contribution in [-0.2, 0) is 0 Å². The van der Waals surface area contributed by atoms with E-state index in [1.54, 1.807) is 36.4 Å². The Morgan fingerprint density at radius 2 is 1.40 bits per heavy atom. The molecule has 0 amide bonds. The Labute approximate surface area is 115 Å². The van der Waals surface area contributed by atoms with Gasteiger partial charge in [0.15, 0.2) is 6.10 Å². The molecule has 1 unspecified atom stereocenters. The fourth-order valence-electron chi connectivity index (χ4n) is 1.94. The van der Waals surface area contributed by atoms with Crippen molar-refractivity contribution in [1.82, 2.24) is 0 Å². The van der Waals surface area contributed by atoms with E-state index < -0.39 is 12.1 Å². The van der Waals surface area contributed by atoms with Crippen LogP contribution in [0.15, 0.2) is 42.5 Å². The van der Waals surface area contributed by atoms with Gasteiger partial charge in [-0.15, -0.1) is 0 Å². The van der Waals surface area contributed by atoms with Gasteiger partial charge in [0.1, 0.15) is 0 Å². The fourth-order valence-corrected chi connectivity index (χ4v) is 1.94. The normalized spacial score (nSPS) is 13.2. The molecule has 6 nitrogen and oxygen atoms in total. The molecule has 0 aliphatic rings. The van der Waals surface area contributed by atoms with Crippen molar-refractivity contribution in [3.8, 4) is 11.1 Å². The van der Waals surface area contributed by atoms with Crippen LogP contribution in [0.2, 0.25) is 0 Å². The van der Waals surface area contributed by atoms with Crippen LogP contribution in [0.3, 0.4) is 0 Å². The summed E-state index contributed by atoms with van der Waals surface area (Å²) >= 11 is 0. The number of hydrogen-bond donors (Lipinski definition) is 6. The standard InChI is InChI=1S/C14H16N2O4/c15-9-3-1-8(2-4-9)11-6-5-10(16)7-12(11)13(17)14(18,19)20/h1-7,13,17-20H,15-16H2. The highest BCUT2D eigenvalue weighted by molar-refractivity contribution is 5.71. The number of aliphatic hydroxyl groups is 4. The van der Waals surface area contributed by atoms with Crippen molar-refractivity contribution in [3.05, 3.63) is 48.0 Å². The van der Waals surface area contributed by atoms with Gasteiger partial charge in [0.2, 0.25) is 0 Å². The van der Waals surface area contributed by atoms with E-state index in [4.69, 9.17) is 26.8 Å². The molecule has 0 aliphatic heterocycles. The summed E-state index contributed by atoms with van der Waals surface area (Å²) in [5.41, 5.74) is 13.4. The van der Waals surface area contributed by atoms with E-state index in [1.807, 2.05) is 0 Å². The first kappa shape index (κ1) is 14.3. The van der Waals surface area contributed by atoms with Gasteiger partial charge < -0.3 is 31.9 Å². The molecule has 0 heterocycles. The largest absolute Gasteiger partial charge is 0.399 e. The van der Waals surface area contributed by atoms with Crippen LogP contribution in [-0.4, -0.2) is 26.4 Å². The lowest BCUT2D eigenvalue weighted by Crippen LogP contribution is -2.35. The molecule has 1 atom stereocenters. The summed E-state index contributed by atoms with van der Waals surface area (Å²) in [5.74, 6) is -3.25. The third-order valence-electron chi connectivity index (χ3n) is 2.96. The predicted molar refractivity (Wildman–Crippen MR) is 75.0 cm³/mol. The minimum absolute atomic E-state index is 0.0993. The predicted octanol–water partition coefficient (Wildman–Crippen LogP) is 0.182. The van der Waals surface area contributed by atoms with E-state index in [0.29, 0.717) is 22.5 Å². The second kappa shape index (κ2) is 5.10. The first-order valence-electron chi connectivity index (χ1n) is 5.89. The van der Waals surface area contributed by atoms with Crippen LogP contribution in [0.4, 0.5) is 11.4 Å². The van der Waals surface area contributed by atoms with E-state index in [9.17, 15) is 5.11 Å². The van der Waals surface area contributed by atoms with Crippen molar-refractivity contribution in [2.75, 3.05) is 11.5 Å². The van der Waals surface area contributed by atoms with Crippen LogP contribution in [0.5, 0.6) is 0 Å². The minimum Gasteiger partial charge on any atom is -0.399 e. The van der Waals surface area contributed by atoms with Gasteiger partial charge in [-0.2, -0.15) is 0 Å². The second-order valence-electron chi connectivity index (χ2n) is 4.56. The monoisotopic (exact) mass is 276 g/mol. The zero-order valence-electron chi connectivity index (χ0n) is 10.6. The van der Waals surface area contributed by atoms with E-state index in [-0.39, 0.29) is 5.56 Å². The minimum atomic E-state index is -3.25. The third-order valence-corrected chi connectivity index (χ3v) is 2.96. The first-order chi connectivity index (χ1) is 9.29. The molecule has 0 aliphatic carbocycles. The van der Waals surface area contributed by atoms with Crippen molar-refractivity contribution in [2.45, 2.75) is 12.1 Å². The first-order valence-corrected chi connectivity index (χ1v) is 5.89. The molecular formula is C14H16N2O4. The quantitative estimate of drug-likeness (QED) is 0.350. The van der Waals surface area contributed by atoms with E-state index >= 15 is 0 Å². The van der Waals surface area contributed by atoms with Crippen molar-refractivity contribution in [3.63, 3.8) is 0 Å². The molecule has 0 spiro atoms. The number of rotatable bonds is 3. The Hall–Kier alpha value is -2.12. The van der Waals surface area contributed by atoms with Gasteiger partial charge in [-0.25, -0.2) is 0 Å². The highest BCUT2D eigenvalue weighted by Gasteiger charge is 2.33. The lowest BCUT2D eigenvalue weighted by Gasteiger charge is -2.24. The molecule has 106 valence electrons. The van der Waals surface area contributed by atoms with E-state index in [0.717, 1.165) is 0 Å². The maximum atomic E-state index is 9.85. The molecule has 20 heavy (non-hydrogen) atoms. The van der Waals surface area contributed by atoms with Crippen molar-refractivity contribution in [1.29, 1.82) is 0 Å². The van der Waals surface area contributed by atoms with E-state index in [2.05, 4.69) is 0 Å². The fraction of sp³-hybridized carbons (Fsp3) is 0.143. The molecule has 8 N–H and O–H groups in total. The summed E-state index contributed by atoms with van der Waals surface area (Å²) in [6.45, 7) is 0.